The zero-order valence-electron chi connectivity index (χ0n) is 18.1. The van der Waals surface area contributed by atoms with Crippen LogP contribution < -0.4 is 10.2 Å². The second kappa shape index (κ2) is 8.21. The van der Waals surface area contributed by atoms with E-state index in [-0.39, 0.29) is 11.7 Å². The van der Waals surface area contributed by atoms with Crippen LogP contribution in [0, 0.1) is 17.2 Å². The molecule has 0 spiro atoms. The number of piperazine rings is 1. The monoisotopic (exact) mass is 402 g/mol. The van der Waals surface area contributed by atoms with E-state index in [1.165, 1.54) is 31.7 Å². The van der Waals surface area contributed by atoms with Gasteiger partial charge in [-0.3, -0.25) is 9.69 Å². The van der Waals surface area contributed by atoms with E-state index in [2.05, 4.69) is 40.9 Å². The molecule has 5 nitrogen and oxygen atoms in total. The van der Waals surface area contributed by atoms with Crippen LogP contribution in [-0.4, -0.2) is 54.1 Å². The van der Waals surface area contributed by atoms with Crippen LogP contribution in [-0.2, 0) is 0 Å². The number of nitrogens with one attached hydrogen (secondary N) is 1. The fourth-order valence-corrected chi connectivity index (χ4v) is 4.88. The van der Waals surface area contributed by atoms with Crippen molar-refractivity contribution in [3.05, 3.63) is 23.8 Å². The third kappa shape index (κ3) is 4.57. The van der Waals surface area contributed by atoms with Gasteiger partial charge in [-0.2, -0.15) is 0 Å². The maximum absolute atomic E-state index is 14.5. The molecule has 6 heteroatoms. The largest absolute Gasteiger partial charge is 0.368 e. The fraction of sp³-hybridized carbons (Fsp3) is 0.739. The lowest BCUT2D eigenvalue weighted by Crippen LogP contribution is -2.50. The molecule has 4 rings (SSSR count). The summed E-state index contributed by atoms with van der Waals surface area (Å²) in [5, 5.41) is 2.80. The Labute approximate surface area is 174 Å². The van der Waals surface area contributed by atoms with E-state index in [0.29, 0.717) is 11.5 Å². The standard InChI is InChI=1S/C23H35FN4O/c1-4-23(2,3)16-5-8-18(13-16)27-9-11-28(12-10-27)19-14-20(24)21(25-15-19)22(29)26-17-6-7-17/h14-18H,4-13H2,1-3H3,(H,26,29). The summed E-state index contributed by atoms with van der Waals surface area (Å²) in [4.78, 5) is 21.0. The summed E-state index contributed by atoms with van der Waals surface area (Å²) in [6.07, 6.45) is 8.80. The molecule has 1 aromatic heterocycles. The van der Waals surface area contributed by atoms with E-state index in [9.17, 15) is 9.18 Å². The second-order valence-electron chi connectivity index (χ2n) is 9.80. The van der Waals surface area contributed by atoms with Gasteiger partial charge in [-0.15, -0.1) is 0 Å². The number of amides is 1. The van der Waals surface area contributed by atoms with Gasteiger partial charge in [0.15, 0.2) is 11.5 Å². The number of rotatable bonds is 6. The lowest BCUT2D eigenvalue weighted by molar-refractivity contribution is 0.0941. The molecule has 29 heavy (non-hydrogen) atoms. The third-order valence-corrected chi connectivity index (χ3v) is 7.57. The summed E-state index contributed by atoms with van der Waals surface area (Å²) in [6, 6.07) is 2.37. The van der Waals surface area contributed by atoms with Gasteiger partial charge in [0, 0.05) is 44.3 Å². The second-order valence-corrected chi connectivity index (χ2v) is 9.80. The van der Waals surface area contributed by atoms with Gasteiger partial charge in [0.2, 0.25) is 0 Å². The van der Waals surface area contributed by atoms with Crippen molar-refractivity contribution in [1.29, 1.82) is 0 Å². The first kappa shape index (κ1) is 20.6. The molecule has 1 aromatic rings. The number of nitrogens with zero attached hydrogens (tertiary/aromatic N) is 3. The van der Waals surface area contributed by atoms with E-state index in [1.807, 2.05) is 0 Å². The molecule has 0 aromatic carbocycles. The van der Waals surface area contributed by atoms with Gasteiger partial charge < -0.3 is 10.2 Å². The molecule has 2 saturated carbocycles. The molecule has 2 heterocycles. The van der Waals surface area contributed by atoms with Crippen molar-refractivity contribution in [3.63, 3.8) is 0 Å². The molecule has 1 saturated heterocycles. The number of pyridine rings is 1. The van der Waals surface area contributed by atoms with E-state index >= 15 is 0 Å². The van der Waals surface area contributed by atoms with E-state index in [0.717, 1.165) is 50.6 Å². The maximum atomic E-state index is 14.5. The first-order valence-corrected chi connectivity index (χ1v) is 11.3. The molecule has 2 aliphatic carbocycles. The van der Waals surface area contributed by atoms with Crippen LogP contribution in [0.5, 0.6) is 0 Å². The van der Waals surface area contributed by atoms with Crippen molar-refractivity contribution < 1.29 is 9.18 Å². The molecule has 3 fully saturated rings. The van der Waals surface area contributed by atoms with Gasteiger partial charge in [-0.05, 0) is 43.4 Å². The number of carbonyl (C=O) groups excluding carboxylic acids is 1. The highest BCUT2D eigenvalue weighted by molar-refractivity contribution is 5.93. The lowest BCUT2D eigenvalue weighted by Gasteiger charge is -2.39. The summed E-state index contributed by atoms with van der Waals surface area (Å²) in [7, 11) is 0. The summed E-state index contributed by atoms with van der Waals surface area (Å²) in [5.41, 5.74) is 1.13. The summed E-state index contributed by atoms with van der Waals surface area (Å²) < 4.78 is 14.5. The Morgan fingerprint density at radius 2 is 1.93 bits per heavy atom. The Morgan fingerprint density at radius 1 is 1.21 bits per heavy atom. The Balaban J connectivity index is 1.31. The van der Waals surface area contributed by atoms with Gasteiger partial charge in [0.1, 0.15) is 0 Å². The molecule has 0 bridgehead atoms. The molecule has 2 unspecified atom stereocenters. The van der Waals surface area contributed by atoms with Crippen molar-refractivity contribution >= 4 is 11.6 Å². The van der Waals surface area contributed by atoms with Gasteiger partial charge in [-0.1, -0.05) is 27.2 Å². The van der Waals surface area contributed by atoms with Crippen LogP contribution in [0.15, 0.2) is 12.3 Å². The number of aromatic nitrogens is 1. The lowest BCUT2D eigenvalue weighted by atomic mass is 9.76. The zero-order chi connectivity index (χ0) is 20.6. The Morgan fingerprint density at radius 3 is 2.55 bits per heavy atom. The molecule has 1 amide bonds. The van der Waals surface area contributed by atoms with Crippen LogP contribution in [0.3, 0.4) is 0 Å². The number of hydrogen-bond donors (Lipinski definition) is 1. The smallest absolute Gasteiger partial charge is 0.273 e. The minimum absolute atomic E-state index is 0.0881. The highest BCUT2D eigenvalue weighted by Gasteiger charge is 2.37. The van der Waals surface area contributed by atoms with Gasteiger partial charge >= 0.3 is 0 Å². The van der Waals surface area contributed by atoms with Crippen LogP contribution in [0.25, 0.3) is 0 Å². The Kier molecular flexibility index (Phi) is 5.83. The third-order valence-electron chi connectivity index (χ3n) is 7.57. The summed E-state index contributed by atoms with van der Waals surface area (Å²) >= 11 is 0. The highest BCUT2D eigenvalue weighted by atomic mass is 19.1. The average Bonchev–Trinajstić information content (AvgIpc) is 3.38. The molecular formula is C23H35FN4O. The molecule has 3 aliphatic rings. The number of carbonyl (C=O) groups is 1. The first-order valence-electron chi connectivity index (χ1n) is 11.3. The van der Waals surface area contributed by atoms with Crippen LogP contribution >= 0.6 is 0 Å². The van der Waals surface area contributed by atoms with Crippen molar-refractivity contribution in [2.24, 2.45) is 11.3 Å². The topological polar surface area (TPSA) is 48.5 Å². The van der Waals surface area contributed by atoms with Crippen molar-refractivity contribution in [2.75, 3.05) is 31.1 Å². The van der Waals surface area contributed by atoms with E-state index < -0.39 is 11.7 Å². The van der Waals surface area contributed by atoms with E-state index in [4.69, 9.17) is 0 Å². The van der Waals surface area contributed by atoms with Gasteiger partial charge in [0.05, 0.1) is 11.9 Å². The number of anilines is 1. The first-order chi connectivity index (χ1) is 13.9. The van der Waals surface area contributed by atoms with Crippen molar-refractivity contribution in [1.82, 2.24) is 15.2 Å². The van der Waals surface area contributed by atoms with Crippen molar-refractivity contribution in [2.45, 2.75) is 71.4 Å². The zero-order valence-corrected chi connectivity index (χ0v) is 18.1. The molecule has 1 N–H and O–H groups in total. The average molecular weight is 403 g/mol. The quantitative estimate of drug-likeness (QED) is 0.785. The summed E-state index contributed by atoms with van der Waals surface area (Å²) in [5.74, 6) is -0.0983. The number of halogens is 1. The molecule has 2 atom stereocenters. The minimum Gasteiger partial charge on any atom is -0.368 e. The van der Waals surface area contributed by atoms with Crippen molar-refractivity contribution in [3.8, 4) is 0 Å². The van der Waals surface area contributed by atoms with E-state index in [1.54, 1.807) is 6.20 Å². The van der Waals surface area contributed by atoms with Gasteiger partial charge in [-0.25, -0.2) is 9.37 Å². The summed E-state index contributed by atoms with van der Waals surface area (Å²) in [6.45, 7) is 10.9. The SMILES string of the molecule is CCC(C)(C)C1CCC(N2CCN(c3cnc(C(=O)NC4CC4)c(F)c3)CC2)C1. The maximum Gasteiger partial charge on any atom is 0.273 e. The Hall–Kier alpha value is -1.69. The number of hydrogen-bond acceptors (Lipinski definition) is 4. The van der Waals surface area contributed by atoms with Gasteiger partial charge in [0.25, 0.3) is 5.91 Å². The predicted octanol–water partition coefficient (Wildman–Crippen LogP) is 3.84. The molecule has 0 radical (unpaired) electrons. The fourth-order valence-electron chi connectivity index (χ4n) is 4.88. The predicted molar refractivity (Wildman–Crippen MR) is 114 cm³/mol. The van der Waals surface area contributed by atoms with Crippen LogP contribution in [0.1, 0.15) is 69.8 Å². The highest BCUT2D eigenvalue weighted by Crippen LogP contribution is 2.43. The molecular weight excluding hydrogens is 367 g/mol. The Bertz CT molecular complexity index is 740. The van der Waals surface area contributed by atoms with Crippen LogP contribution in [0.2, 0.25) is 0 Å². The molecule has 1 aliphatic heterocycles. The minimum atomic E-state index is -0.525. The van der Waals surface area contributed by atoms with Crippen LogP contribution in [0.4, 0.5) is 10.1 Å². The molecule has 160 valence electrons. The normalized spacial score (nSPS) is 26.0.